The first-order valence-electron chi connectivity index (χ1n) is 7.38. The van der Waals surface area contributed by atoms with Gasteiger partial charge >= 0.3 is 0 Å². The molecule has 0 radical (unpaired) electrons. The number of hydrogen-bond donors (Lipinski definition) is 1. The van der Waals surface area contributed by atoms with Crippen LogP contribution in [0.3, 0.4) is 0 Å². The third-order valence-corrected chi connectivity index (χ3v) is 3.86. The normalized spacial score (nSPS) is 16.7. The number of rotatable bonds is 4. The van der Waals surface area contributed by atoms with E-state index in [9.17, 15) is 4.79 Å². The van der Waals surface area contributed by atoms with Crippen molar-refractivity contribution in [1.82, 2.24) is 4.90 Å². The van der Waals surface area contributed by atoms with Gasteiger partial charge in [0.2, 0.25) is 5.91 Å². The molecule has 0 aliphatic carbocycles. The Labute approximate surface area is 120 Å². The van der Waals surface area contributed by atoms with E-state index in [0.29, 0.717) is 19.5 Å². The van der Waals surface area contributed by atoms with Crippen LogP contribution >= 0.6 is 0 Å². The van der Waals surface area contributed by atoms with Gasteiger partial charge < -0.3 is 15.4 Å². The van der Waals surface area contributed by atoms with Crippen molar-refractivity contribution in [2.24, 2.45) is 5.73 Å². The summed E-state index contributed by atoms with van der Waals surface area (Å²) in [5, 5.41) is 0. The summed E-state index contributed by atoms with van der Waals surface area (Å²) in [5.74, 6) is 1.09. The summed E-state index contributed by atoms with van der Waals surface area (Å²) in [6.45, 7) is 1.99. The quantitative estimate of drug-likeness (QED) is 0.919. The van der Waals surface area contributed by atoms with Gasteiger partial charge in [-0.05, 0) is 30.5 Å². The molecule has 0 saturated carbocycles. The van der Waals surface area contributed by atoms with E-state index in [1.165, 1.54) is 12.8 Å². The van der Waals surface area contributed by atoms with Crippen LogP contribution in [0.25, 0.3) is 0 Å². The highest BCUT2D eigenvalue weighted by molar-refractivity contribution is 5.76. The van der Waals surface area contributed by atoms with Crippen LogP contribution in [0.2, 0.25) is 0 Å². The van der Waals surface area contributed by atoms with Crippen LogP contribution in [0.4, 0.5) is 0 Å². The molecule has 1 amide bonds. The summed E-state index contributed by atoms with van der Waals surface area (Å²) in [7, 11) is 1.65. The number of amides is 1. The fourth-order valence-corrected chi connectivity index (χ4v) is 2.69. The fourth-order valence-electron chi connectivity index (χ4n) is 2.69. The van der Waals surface area contributed by atoms with E-state index in [-0.39, 0.29) is 5.91 Å². The van der Waals surface area contributed by atoms with Crippen molar-refractivity contribution in [3.63, 3.8) is 0 Å². The first-order valence-corrected chi connectivity index (χ1v) is 7.38. The van der Waals surface area contributed by atoms with E-state index in [2.05, 4.69) is 0 Å². The molecule has 1 saturated heterocycles. The molecule has 2 rings (SSSR count). The number of methoxy groups -OCH3 is 1. The number of likely N-dealkylation sites (tertiary alicyclic amines) is 1. The summed E-state index contributed by atoms with van der Waals surface area (Å²) in [5.41, 5.74) is 7.86. The number of hydrogen-bond acceptors (Lipinski definition) is 3. The topological polar surface area (TPSA) is 55.6 Å². The van der Waals surface area contributed by atoms with Crippen molar-refractivity contribution in [2.45, 2.75) is 45.2 Å². The van der Waals surface area contributed by atoms with Crippen molar-refractivity contribution in [3.05, 3.63) is 29.3 Å². The maximum atomic E-state index is 12.1. The van der Waals surface area contributed by atoms with Crippen LogP contribution in [-0.4, -0.2) is 24.5 Å². The zero-order valence-corrected chi connectivity index (χ0v) is 12.2. The smallest absolute Gasteiger partial charge is 0.222 e. The number of carbonyl (C=O) groups is 1. The average molecular weight is 276 g/mol. The zero-order chi connectivity index (χ0) is 14.4. The second-order valence-electron chi connectivity index (χ2n) is 5.33. The van der Waals surface area contributed by atoms with Gasteiger partial charge in [0, 0.05) is 31.6 Å². The summed E-state index contributed by atoms with van der Waals surface area (Å²) in [6.07, 6.45) is 5.21. The van der Waals surface area contributed by atoms with Gasteiger partial charge in [-0.3, -0.25) is 4.79 Å². The SMILES string of the molecule is COc1ccc(CN2CCCCCCC2=O)cc1CN. The summed E-state index contributed by atoms with van der Waals surface area (Å²) >= 11 is 0. The average Bonchev–Trinajstić information content (AvgIpc) is 2.46. The summed E-state index contributed by atoms with van der Waals surface area (Å²) in [4.78, 5) is 14.1. The van der Waals surface area contributed by atoms with Crippen molar-refractivity contribution in [1.29, 1.82) is 0 Å². The second-order valence-corrected chi connectivity index (χ2v) is 5.33. The number of ether oxygens (including phenoxy) is 1. The minimum absolute atomic E-state index is 0.273. The second kappa shape index (κ2) is 7.29. The van der Waals surface area contributed by atoms with Crippen molar-refractivity contribution >= 4 is 5.91 Å². The monoisotopic (exact) mass is 276 g/mol. The maximum Gasteiger partial charge on any atom is 0.222 e. The highest BCUT2D eigenvalue weighted by Crippen LogP contribution is 2.21. The van der Waals surface area contributed by atoms with E-state index in [1.807, 2.05) is 23.1 Å². The summed E-state index contributed by atoms with van der Waals surface area (Å²) < 4.78 is 5.28. The Kier molecular flexibility index (Phi) is 5.41. The molecule has 4 heteroatoms. The number of nitrogens with zero attached hydrogens (tertiary/aromatic N) is 1. The highest BCUT2D eigenvalue weighted by Gasteiger charge is 2.16. The van der Waals surface area contributed by atoms with Gasteiger partial charge in [-0.15, -0.1) is 0 Å². The van der Waals surface area contributed by atoms with Crippen LogP contribution in [0.1, 0.15) is 43.2 Å². The van der Waals surface area contributed by atoms with E-state index in [4.69, 9.17) is 10.5 Å². The molecule has 20 heavy (non-hydrogen) atoms. The van der Waals surface area contributed by atoms with E-state index in [1.54, 1.807) is 7.11 Å². The molecule has 1 heterocycles. The lowest BCUT2D eigenvalue weighted by Crippen LogP contribution is -2.32. The largest absolute Gasteiger partial charge is 0.496 e. The first-order chi connectivity index (χ1) is 9.74. The molecule has 0 spiro atoms. The van der Waals surface area contributed by atoms with Gasteiger partial charge in [-0.1, -0.05) is 18.9 Å². The molecule has 1 fully saturated rings. The third kappa shape index (κ3) is 3.73. The van der Waals surface area contributed by atoms with Gasteiger partial charge in [0.05, 0.1) is 7.11 Å². The number of nitrogens with two attached hydrogens (primary N) is 1. The Morgan fingerprint density at radius 1 is 1.25 bits per heavy atom. The molecule has 1 aromatic carbocycles. The van der Waals surface area contributed by atoms with Crippen LogP contribution in [-0.2, 0) is 17.9 Å². The molecule has 4 nitrogen and oxygen atoms in total. The zero-order valence-electron chi connectivity index (χ0n) is 12.2. The lowest BCUT2D eigenvalue weighted by Gasteiger charge is -2.25. The predicted molar refractivity (Wildman–Crippen MR) is 79.4 cm³/mol. The Balaban J connectivity index is 2.09. The molecule has 1 aliphatic rings. The number of carbonyl (C=O) groups excluding carboxylic acids is 1. The van der Waals surface area contributed by atoms with E-state index in [0.717, 1.165) is 36.3 Å². The van der Waals surface area contributed by atoms with Gasteiger partial charge in [0.25, 0.3) is 0 Å². The molecule has 2 N–H and O–H groups in total. The molecular formula is C16H24N2O2. The Hall–Kier alpha value is -1.55. The summed E-state index contributed by atoms with van der Waals surface area (Å²) in [6, 6.07) is 6.00. The Bertz CT molecular complexity index is 460. The minimum atomic E-state index is 0.273. The van der Waals surface area contributed by atoms with Crippen molar-refractivity contribution in [3.8, 4) is 5.75 Å². The third-order valence-electron chi connectivity index (χ3n) is 3.86. The van der Waals surface area contributed by atoms with Gasteiger partial charge in [0.15, 0.2) is 0 Å². The van der Waals surface area contributed by atoms with E-state index >= 15 is 0 Å². The number of benzene rings is 1. The minimum Gasteiger partial charge on any atom is -0.496 e. The van der Waals surface area contributed by atoms with Crippen molar-refractivity contribution < 1.29 is 9.53 Å². The molecule has 1 aromatic rings. The van der Waals surface area contributed by atoms with Gasteiger partial charge in [0.1, 0.15) is 5.75 Å². The molecule has 0 atom stereocenters. The molecule has 0 aromatic heterocycles. The van der Waals surface area contributed by atoms with Gasteiger partial charge in [-0.25, -0.2) is 0 Å². The Morgan fingerprint density at radius 3 is 2.80 bits per heavy atom. The van der Waals surface area contributed by atoms with Crippen LogP contribution in [0.5, 0.6) is 5.75 Å². The standard InChI is InChI=1S/C16H24N2O2/c1-20-15-8-7-13(10-14(15)11-17)12-18-9-5-3-2-4-6-16(18)19/h7-8,10H,2-6,9,11-12,17H2,1H3. The van der Waals surface area contributed by atoms with Crippen LogP contribution in [0.15, 0.2) is 18.2 Å². The first kappa shape index (κ1) is 14.9. The predicted octanol–water partition coefficient (Wildman–Crippen LogP) is 2.45. The Morgan fingerprint density at radius 2 is 2.05 bits per heavy atom. The van der Waals surface area contributed by atoms with Gasteiger partial charge in [-0.2, -0.15) is 0 Å². The van der Waals surface area contributed by atoms with Crippen LogP contribution in [0, 0.1) is 0 Å². The highest BCUT2D eigenvalue weighted by atomic mass is 16.5. The van der Waals surface area contributed by atoms with E-state index < -0.39 is 0 Å². The maximum absolute atomic E-state index is 12.1. The van der Waals surface area contributed by atoms with Crippen molar-refractivity contribution in [2.75, 3.05) is 13.7 Å². The molecular weight excluding hydrogens is 252 g/mol. The molecule has 110 valence electrons. The van der Waals surface area contributed by atoms with Crippen LogP contribution < -0.4 is 10.5 Å². The molecule has 0 bridgehead atoms. The molecule has 0 unspecified atom stereocenters. The fraction of sp³-hybridized carbons (Fsp3) is 0.562. The molecule has 1 aliphatic heterocycles. The lowest BCUT2D eigenvalue weighted by atomic mass is 10.1. The lowest BCUT2D eigenvalue weighted by molar-refractivity contribution is -0.132.